The van der Waals surface area contributed by atoms with Crippen LogP contribution in [-0.2, 0) is 14.3 Å². The van der Waals surface area contributed by atoms with Crippen LogP contribution in [0.3, 0.4) is 0 Å². The van der Waals surface area contributed by atoms with Gasteiger partial charge in [-0.15, -0.1) is 0 Å². The van der Waals surface area contributed by atoms with Gasteiger partial charge in [0.15, 0.2) is 0 Å². The summed E-state index contributed by atoms with van der Waals surface area (Å²) in [7, 11) is 1.25. The number of hydrogen-bond donors (Lipinski definition) is 1. The Morgan fingerprint density at radius 3 is 2.56 bits per heavy atom. The smallest absolute Gasteiger partial charge is 0.328 e. The average molecular weight is 256 g/mol. The van der Waals surface area contributed by atoms with E-state index in [2.05, 4.69) is 20.1 Å². The minimum Gasteiger partial charge on any atom is -0.467 e. The van der Waals surface area contributed by atoms with Crippen LogP contribution in [0.15, 0.2) is 5.11 Å². The first kappa shape index (κ1) is 16.2. The zero-order valence-electron chi connectivity index (χ0n) is 11.0. The Kier molecular flexibility index (Phi) is 8.39. The van der Waals surface area contributed by atoms with E-state index in [4.69, 9.17) is 5.53 Å². The van der Waals surface area contributed by atoms with Crippen molar-refractivity contribution < 1.29 is 14.3 Å². The van der Waals surface area contributed by atoms with E-state index in [0.717, 1.165) is 6.42 Å². The highest BCUT2D eigenvalue weighted by atomic mass is 16.5. The van der Waals surface area contributed by atoms with E-state index < -0.39 is 12.0 Å². The Morgan fingerprint density at radius 2 is 2.06 bits per heavy atom. The molecule has 0 fully saturated rings. The number of nitrogens with one attached hydrogen (secondary N) is 1. The van der Waals surface area contributed by atoms with Crippen LogP contribution in [0, 0.1) is 5.92 Å². The number of hydrogen-bond acceptors (Lipinski definition) is 4. The van der Waals surface area contributed by atoms with Crippen molar-refractivity contribution in [3.8, 4) is 0 Å². The zero-order valence-corrected chi connectivity index (χ0v) is 11.0. The van der Waals surface area contributed by atoms with Crippen LogP contribution in [0.4, 0.5) is 0 Å². The van der Waals surface area contributed by atoms with Crippen molar-refractivity contribution in [2.45, 2.75) is 39.2 Å². The van der Waals surface area contributed by atoms with E-state index >= 15 is 0 Å². The predicted octanol–water partition coefficient (Wildman–Crippen LogP) is 1.78. The van der Waals surface area contributed by atoms with Crippen LogP contribution in [-0.4, -0.2) is 31.6 Å². The molecule has 0 aromatic rings. The molecule has 1 N–H and O–H groups in total. The molecule has 0 bridgehead atoms. The molecule has 18 heavy (non-hydrogen) atoms. The van der Waals surface area contributed by atoms with Crippen LogP contribution in [0.25, 0.3) is 10.4 Å². The third-order valence-electron chi connectivity index (χ3n) is 2.35. The van der Waals surface area contributed by atoms with Gasteiger partial charge in [-0.1, -0.05) is 19.0 Å². The lowest BCUT2D eigenvalue weighted by Gasteiger charge is -2.15. The lowest BCUT2D eigenvalue weighted by atomic mass is 10.1. The fourth-order valence-electron chi connectivity index (χ4n) is 1.31. The van der Waals surface area contributed by atoms with E-state index in [0.29, 0.717) is 12.3 Å². The van der Waals surface area contributed by atoms with Gasteiger partial charge in [-0.2, -0.15) is 0 Å². The molecule has 0 heterocycles. The lowest BCUT2D eigenvalue weighted by Crippen LogP contribution is -2.42. The van der Waals surface area contributed by atoms with Crippen LogP contribution >= 0.6 is 0 Å². The van der Waals surface area contributed by atoms with Crippen molar-refractivity contribution in [1.82, 2.24) is 5.32 Å². The van der Waals surface area contributed by atoms with Gasteiger partial charge in [0, 0.05) is 17.9 Å². The van der Waals surface area contributed by atoms with Gasteiger partial charge >= 0.3 is 5.97 Å². The standard InChI is InChI=1S/C11H20N4O3/c1-8(2)4-5-10(16)14-9(11(17)18-3)6-7-13-15-12/h8-9H,4-7H2,1-3H3,(H,14,16)/t9-/m0/s1. The van der Waals surface area contributed by atoms with Gasteiger partial charge in [-0.3, -0.25) is 4.79 Å². The number of carbonyl (C=O) groups excluding carboxylic acids is 2. The van der Waals surface area contributed by atoms with Crippen LogP contribution < -0.4 is 5.32 Å². The maximum atomic E-state index is 11.6. The largest absolute Gasteiger partial charge is 0.467 e. The number of amides is 1. The summed E-state index contributed by atoms with van der Waals surface area (Å²) in [5.74, 6) is -0.295. The molecule has 0 saturated heterocycles. The summed E-state index contributed by atoms with van der Waals surface area (Å²) in [5, 5.41) is 5.92. The van der Waals surface area contributed by atoms with Gasteiger partial charge in [-0.05, 0) is 24.3 Å². The molecule has 1 atom stereocenters. The number of carbonyl (C=O) groups is 2. The molecule has 0 rings (SSSR count). The summed E-state index contributed by atoms with van der Waals surface area (Å²) in [5.41, 5.74) is 8.16. The molecule has 0 aliphatic carbocycles. The molecule has 0 spiro atoms. The monoisotopic (exact) mass is 256 g/mol. The quantitative estimate of drug-likeness (QED) is 0.309. The van der Waals surface area contributed by atoms with Gasteiger partial charge < -0.3 is 10.1 Å². The Balaban J connectivity index is 4.25. The van der Waals surface area contributed by atoms with E-state index in [1.807, 2.05) is 13.8 Å². The van der Waals surface area contributed by atoms with Crippen LogP contribution in [0.2, 0.25) is 0 Å². The number of nitrogens with zero attached hydrogens (tertiary/aromatic N) is 3. The van der Waals surface area contributed by atoms with Crippen molar-refractivity contribution in [3.63, 3.8) is 0 Å². The van der Waals surface area contributed by atoms with Gasteiger partial charge in [0.05, 0.1) is 7.11 Å². The molecule has 7 heteroatoms. The second-order valence-electron chi connectivity index (χ2n) is 4.32. The second-order valence-corrected chi connectivity index (χ2v) is 4.32. The third kappa shape index (κ3) is 7.51. The fraction of sp³-hybridized carbons (Fsp3) is 0.818. The normalized spacial score (nSPS) is 11.6. The molecule has 0 radical (unpaired) electrons. The molecule has 0 aliphatic heterocycles. The van der Waals surface area contributed by atoms with E-state index in [1.165, 1.54) is 7.11 Å². The van der Waals surface area contributed by atoms with Crippen LogP contribution in [0.1, 0.15) is 33.1 Å². The maximum absolute atomic E-state index is 11.6. The first-order valence-electron chi connectivity index (χ1n) is 5.89. The number of methoxy groups -OCH3 is 1. The molecule has 0 unspecified atom stereocenters. The summed E-state index contributed by atoms with van der Waals surface area (Å²) in [6.07, 6.45) is 1.37. The van der Waals surface area contributed by atoms with Crippen molar-refractivity contribution in [2.75, 3.05) is 13.7 Å². The van der Waals surface area contributed by atoms with Crippen molar-refractivity contribution >= 4 is 11.9 Å². The number of azide groups is 1. The minimum absolute atomic E-state index is 0.140. The summed E-state index contributed by atoms with van der Waals surface area (Å²) in [6.45, 7) is 4.18. The Bertz CT molecular complexity index is 324. The molecule has 0 aromatic carbocycles. The fourth-order valence-corrected chi connectivity index (χ4v) is 1.31. The highest BCUT2D eigenvalue weighted by Crippen LogP contribution is 2.04. The topological polar surface area (TPSA) is 104 Å². The minimum atomic E-state index is -0.750. The Labute approximate surface area is 107 Å². The number of ether oxygens (including phenoxy) is 1. The lowest BCUT2D eigenvalue weighted by molar-refractivity contribution is -0.145. The first-order valence-corrected chi connectivity index (χ1v) is 5.89. The van der Waals surface area contributed by atoms with E-state index in [-0.39, 0.29) is 18.9 Å². The summed E-state index contributed by atoms with van der Waals surface area (Å²) in [6, 6.07) is -0.750. The summed E-state index contributed by atoms with van der Waals surface area (Å²) >= 11 is 0. The predicted molar refractivity (Wildman–Crippen MR) is 66.6 cm³/mol. The van der Waals surface area contributed by atoms with Crippen molar-refractivity contribution in [2.24, 2.45) is 11.0 Å². The van der Waals surface area contributed by atoms with Gasteiger partial charge in [0.2, 0.25) is 5.91 Å². The maximum Gasteiger partial charge on any atom is 0.328 e. The molecule has 0 aliphatic rings. The summed E-state index contributed by atoms with van der Waals surface area (Å²) < 4.78 is 4.58. The molecule has 7 nitrogen and oxygen atoms in total. The molecular formula is C11H20N4O3. The number of esters is 1. The summed E-state index contributed by atoms with van der Waals surface area (Å²) in [4.78, 5) is 25.6. The molecule has 0 saturated carbocycles. The Morgan fingerprint density at radius 1 is 1.39 bits per heavy atom. The Hall–Kier alpha value is -1.75. The molecule has 102 valence electrons. The van der Waals surface area contributed by atoms with Crippen LogP contribution in [0.5, 0.6) is 0 Å². The SMILES string of the molecule is COC(=O)[C@H](CCN=[N+]=[N-])NC(=O)CCC(C)C. The highest BCUT2D eigenvalue weighted by Gasteiger charge is 2.20. The van der Waals surface area contributed by atoms with Crippen molar-refractivity contribution in [1.29, 1.82) is 0 Å². The molecular weight excluding hydrogens is 236 g/mol. The number of rotatable bonds is 8. The van der Waals surface area contributed by atoms with E-state index in [1.54, 1.807) is 0 Å². The van der Waals surface area contributed by atoms with Gasteiger partial charge in [0.25, 0.3) is 0 Å². The van der Waals surface area contributed by atoms with E-state index in [9.17, 15) is 9.59 Å². The average Bonchev–Trinajstić information content (AvgIpc) is 2.34. The van der Waals surface area contributed by atoms with Gasteiger partial charge in [0.1, 0.15) is 6.04 Å². The second kappa shape index (κ2) is 9.30. The molecule has 1 amide bonds. The third-order valence-corrected chi connectivity index (χ3v) is 2.35. The van der Waals surface area contributed by atoms with Crippen molar-refractivity contribution in [3.05, 3.63) is 10.4 Å². The van der Waals surface area contributed by atoms with Gasteiger partial charge in [-0.25, -0.2) is 4.79 Å². The molecule has 0 aromatic heterocycles. The first-order chi connectivity index (χ1) is 8.51. The zero-order chi connectivity index (χ0) is 14.0. The highest BCUT2D eigenvalue weighted by molar-refractivity contribution is 5.84.